The molecule has 0 saturated carbocycles. The van der Waals surface area contributed by atoms with Crippen LogP contribution in [0.1, 0.15) is 18.4 Å². The number of hydrogen-bond donors (Lipinski definition) is 2. The molecule has 0 spiro atoms. The third-order valence-electron chi connectivity index (χ3n) is 3.61. The maximum Gasteiger partial charge on any atom is 0.124 e. The third-order valence-corrected chi connectivity index (χ3v) is 3.61. The molecule has 2 rings (SSSR count). The quantitative estimate of drug-likeness (QED) is 0.639. The number of anilines is 1. The van der Waals surface area contributed by atoms with E-state index in [0.29, 0.717) is 6.10 Å². The summed E-state index contributed by atoms with van der Waals surface area (Å²) < 4.78 is 10.6. The Bertz CT molecular complexity index is 454. The lowest BCUT2D eigenvalue weighted by Crippen LogP contribution is -2.37. The number of nitrogens with two attached hydrogens (primary N) is 1. The summed E-state index contributed by atoms with van der Waals surface area (Å²) in [4.78, 5) is 2.24. The SMILES string of the molecule is COc1ccc(C(=N)N)c(N2CCC(OC)CC2)c1. The van der Waals surface area contributed by atoms with Crippen molar-refractivity contribution < 1.29 is 9.47 Å². The molecule has 1 aromatic rings. The molecule has 0 aliphatic carbocycles. The van der Waals surface area contributed by atoms with Gasteiger partial charge in [0.25, 0.3) is 0 Å². The van der Waals surface area contributed by atoms with Gasteiger partial charge in [-0.15, -0.1) is 0 Å². The van der Waals surface area contributed by atoms with Crippen LogP contribution in [0.25, 0.3) is 0 Å². The number of benzene rings is 1. The van der Waals surface area contributed by atoms with Crippen molar-refractivity contribution in [3.05, 3.63) is 23.8 Å². The van der Waals surface area contributed by atoms with E-state index in [0.717, 1.165) is 42.9 Å². The van der Waals surface area contributed by atoms with Crippen LogP contribution in [0.2, 0.25) is 0 Å². The number of methoxy groups -OCH3 is 2. The highest BCUT2D eigenvalue weighted by molar-refractivity contribution is 6.00. The van der Waals surface area contributed by atoms with Crippen molar-refractivity contribution >= 4 is 11.5 Å². The fourth-order valence-electron chi connectivity index (χ4n) is 2.46. The Morgan fingerprint density at radius 3 is 2.53 bits per heavy atom. The molecular weight excluding hydrogens is 242 g/mol. The van der Waals surface area contributed by atoms with Gasteiger partial charge in [0, 0.05) is 31.8 Å². The predicted octanol–water partition coefficient (Wildman–Crippen LogP) is 1.59. The molecule has 3 N–H and O–H groups in total. The van der Waals surface area contributed by atoms with Gasteiger partial charge >= 0.3 is 0 Å². The number of nitrogen functional groups attached to an aromatic ring is 1. The molecule has 5 heteroatoms. The van der Waals surface area contributed by atoms with Crippen molar-refractivity contribution in [2.75, 3.05) is 32.2 Å². The number of nitrogens with one attached hydrogen (secondary N) is 1. The van der Waals surface area contributed by atoms with E-state index < -0.39 is 0 Å². The van der Waals surface area contributed by atoms with Gasteiger partial charge in [-0.1, -0.05) is 0 Å². The zero-order valence-corrected chi connectivity index (χ0v) is 11.5. The molecule has 1 aliphatic heterocycles. The van der Waals surface area contributed by atoms with E-state index in [2.05, 4.69) is 4.90 Å². The number of ether oxygens (including phenoxy) is 2. The summed E-state index contributed by atoms with van der Waals surface area (Å²) in [6.07, 6.45) is 2.32. The minimum atomic E-state index is 0.0894. The molecule has 1 fully saturated rings. The monoisotopic (exact) mass is 263 g/mol. The molecule has 5 nitrogen and oxygen atoms in total. The number of amidine groups is 1. The fourth-order valence-corrected chi connectivity index (χ4v) is 2.46. The van der Waals surface area contributed by atoms with Gasteiger partial charge in [-0.05, 0) is 25.0 Å². The third kappa shape index (κ3) is 2.98. The lowest BCUT2D eigenvalue weighted by atomic mass is 10.0. The van der Waals surface area contributed by atoms with Crippen LogP contribution >= 0.6 is 0 Å². The molecule has 0 aromatic heterocycles. The zero-order chi connectivity index (χ0) is 13.8. The zero-order valence-electron chi connectivity index (χ0n) is 11.5. The molecule has 1 saturated heterocycles. The summed E-state index contributed by atoms with van der Waals surface area (Å²) in [5.74, 6) is 0.875. The second-order valence-electron chi connectivity index (χ2n) is 4.72. The highest BCUT2D eigenvalue weighted by Crippen LogP contribution is 2.28. The van der Waals surface area contributed by atoms with Crippen LogP contribution in [0.15, 0.2) is 18.2 Å². The molecule has 1 heterocycles. The maximum absolute atomic E-state index is 7.68. The first-order chi connectivity index (χ1) is 9.15. The first-order valence-electron chi connectivity index (χ1n) is 6.46. The molecule has 0 radical (unpaired) electrons. The van der Waals surface area contributed by atoms with Gasteiger partial charge in [-0.25, -0.2) is 0 Å². The summed E-state index contributed by atoms with van der Waals surface area (Å²) in [7, 11) is 3.40. The minimum Gasteiger partial charge on any atom is -0.497 e. The lowest BCUT2D eigenvalue weighted by molar-refractivity contribution is 0.0819. The second kappa shape index (κ2) is 5.93. The number of nitrogens with zero attached hydrogens (tertiary/aromatic N) is 1. The van der Waals surface area contributed by atoms with Crippen molar-refractivity contribution in [2.45, 2.75) is 18.9 Å². The topological polar surface area (TPSA) is 71.6 Å². The average molecular weight is 263 g/mol. The van der Waals surface area contributed by atoms with Crippen LogP contribution in [0.5, 0.6) is 5.75 Å². The summed E-state index contributed by atoms with van der Waals surface area (Å²) in [6, 6.07) is 5.63. The number of piperidine rings is 1. The minimum absolute atomic E-state index is 0.0894. The number of hydrogen-bond acceptors (Lipinski definition) is 4. The fraction of sp³-hybridized carbons (Fsp3) is 0.500. The largest absolute Gasteiger partial charge is 0.497 e. The van der Waals surface area contributed by atoms with E-state index in [1.807, 2.05) is 18.2 Å². The molecule has 0 bridgehead atoms. The molecule has 0 amide bonds. The van der Waals surface area contributed by atoms with Gasteiger partial charge in [0.15, 0.2) is 0 Å². The highest BCUT2D eigenvalue weighted by atomic mass is 16.5. The maximum atomic E-state index is 7.68. The lowest BCUT2D eigenvalue weighted by Gasteiger charge is -2.34. The Kier molecular flexibility index (Phi) is 4.27. The predicted molar refractivity (Wildman–Crippen MR) is 76.3 cm³/mol. The van der Waals surface area contributed by atoms with Gasteiger partial charge < -0.3 is 20.1 Å². The molecule has 19 heavy (non-hydrogen) atoms. The van der Waals surface area contributed by atoms with E-state index in [-0.39, 0.29) is 5.84 Å². The molecular formula is C14H21N3O2. The van der Waals surface area contributed by atoms with E-state index >= 15 is 0 Å². The van der Waals surface area contributed by atoms with Crippen LogP contribution in [0, 0.1) is 5.41 Å². The molecule has 1 aliphatic rings. The first-order valence-corrected chi connectivity index (χ1v) is 6.46. The van der Waals surface area contributed by atoms with Crippen molar-refractivity contribution in [3.8, 4) is 5.75 Å². The van der Waals surface area contributed by atoms with Gasteiger partial charge in [-0.2, -0.15) is 0 Å². The Hall–Kier alpha value is -1.75. The Balaban J connectivity index is 2.24. The van der Waals surface area contributed by atoms with Crippen LogP contribution in [-0.4, -0.2) is 39.2 Å². The summed E-state index contributed by atoms with van der Waals surface area (Å²) in [6.45, 7) is 1.82. The highest BCUT2D eigenvalue weighted by Gasteiger charge is 2.21. The standard InChI is InChI=1S/C14H21N3O2/c1-18-10-5-7-17(8-6-10)13-9-11(19-2)3-4-12(13)14(15)16/h3-4,9-10H,5-8H2,1-2H3,(H3,15,16). The molecule has 104 valence electrons. The summed E-state index contributed by atoms with van der Waals surface area (Å²) in [5.41, 5.74) is 7.39. The average Bonchev–Trinajstić information content (AvgIpc) is 2.46. The van der Waals surface area contributed by atoms with E-state index in [1.165, 1.54) is 0 Å². The van der Waals surface area contributed by atoms with E-state index in [9.17, 15) is 0 Å². The van der Waals surface area contributed by atoms with Crippen LogP contribution in [0.3, 0.4) is 0 Å². The molecule has 0 unspecified atom stereocenters. The van der Waals surface area contributed by atoms with Crippen LogP contribution in [-0.2, 0) is 4.74 Å². The molecule has 0 atom stereocenters. The summed E-state index contributed by atoms with van der Waals surface area (Å²) >= 11 is 0. The van der Waals surface area contributed by atoms with Gasteiger partial charge in [0.05, 0.1) is 18.9 Å². The van der Waals surface area contributed by atoms with Crippen molar-refractivity contribution in [2.24, 2.45) is 5.73 Å². The smallest absolute Gasteiger partial charge is 0.124 e. The Labute approximate surface area is 113 Å². The van der Waals surface area contributed by atoms with Gasteiger partial charge in [0.2, 0.25) is 0 Å². The second-order valence-corrected chi connectivity index (χ2v) is 4.72. The van der Waals surface area contributed by atoms with Crippen molar-refractivity contribution in [1.29, 1.82) is 5.41 Å². The van der Waals surface area contributed by atoms with E-state index in [1.54, 1.807) is 14.2 Å². The Morgan fingerprint density at radius 1 is 1.32 bits per heavy atom. The van der Waals surface area contributed by atoms with Crippen molar-refractivity contribution in [1.82, 2.24) is 0 Å². The van der Waals surface area contributed by atoms with Crippen LogP contribution in [0.4, 0.5) is 5.69 Å². The van der Waals surface area contributed by atoms with Gasteiger partial charge in [-0.3, -0.25) is 5.41 Å². The first kappa shape index (κ1) is 13.7. The van der Waals surface area contributed by atoms with Crippen LogP contribution < -0.4 is 15.4 Å². The van der Waals surface area contributed by atoms with Gasteiger partial charge in [0.1, 0.15) is 11.6 Å². The molecule has 1 aromatic carbocycles. The van der Waals surface area contributed by atoms with E-state index in [4.69, 9.17) is 20.6 Å². The summed E-state index contributed by atoms with van der Waals surface area (Å²) in [5, 5.41) is 7.68. The Morgan fingerprint density at radius 2 is 2.00 bits per heavy atom. The van der Waals surface area contributed by atoms with Crippen molar-refractivity contribution in [3.63, 3.8) is 0 Å². The number of rotatable bonds is 4. The normalized spacial score (nSPS) is 16.4.